The van der Waals surface area contributed by atoms with Crippen LogP contribution in [0.1, 0.15) is 24.3 Å². The van der Waals surface area contributed by atoms with E-state index in [2.05, 4.69) is 9.80 Å². The number of benzene rings is 3. The predicted molar refractivity (Wildman–Crippen MR) is 196 cm³/mol. The first-order valence-corrected chi connectivity index (χ1v) is 18.5. The highest BCUT2D eigenvalue weighted by molar-refractivity contribution is 6.24. The number of fused-ring (bicyclic) bond motifs is 4. The van der Waals surface area contributed by atoms with Crippen molar-refractivity contribution < 1.29 is 38.5 Å². The maximum absolute atomic E-state index is 14.6. The zero-order valence-corrected chi connectivity index (χ0v) is 29.6. The normalized spacial score (nSPS) is 28.5. The summed E-state index contributed by atoms with van der Waals surface area (Å²) in [6.45, 7) is 5.63. The Labute approximate surface area is 307 Å². The Morgan fingerprint density at radius 1 is 0.623 bits per heavy atom. The number of ether oxygens (including phenoxy) is 3. The van der Waals surface area contributed by atoms with Gasteiger partial charge in [0.05, 0.1) is 68.6 Å². The Morgan fingerprint density at radius 3 is 1.66 bits per heavy atom. The van der Waals surface area contributed by atoms with Gasteiger partial charge in [0.1, 0.15) is 11.5 Å². The van der Waals surface area contributed by atoms with Gasteiger partial charge in [0.15, 0.2) is 0 Å². The molecule has 6 aliphatic rings. The molecule has 4 aliphatic heterocycles. The molecule has 0 bridgehead atoms. The monoisotopic (exact) mass is 718 g/mol. The van der Waals surface area contributed by atoms with Crippen molar-refractivity contribution in [2.45, 2.75) is 18.8 Å². The van der Waals surface area contributed by atoms with Crippen LogP contribution in [0.25, 0.3) is 0 Å². The largest absolute Gasteiger partial charge is 0.508 e. The van der Waals surface area contributed by atoms with Crippen LogP contribution in [0.4, 0.5) is 22.7 Å². The molecule has 4 amide bonds. The molecule has 12 heteroatoms. The fourth-order valence-electron chi connectivity index (χ4n) is 9.63. The van der Waals surface area contributed by atoms with E-state index in [0.717, 1.165) is 43.1 Å². The summed E-state index contributed by atoms with van der Waals surface area (Å²) >= 11 is 0. The number of imide groups is 2. The SMILES string of the molecule is COc1ccc([C@H]2C3=CC[C@@H]4C(=O)N(c5ccc(N6CCOCC6)cc5)C(=O)[C@@H]4[C@@H]3C[C@H]3C(=O)N(c4ccc(N5CCOCC5)cc4)C(=O)[C@@H]23)c(O)c1. The number of phenols is 1. The molecule has 4 heterocycles. The van der Waals surface area contributed by atoms with Crippen molar-refractivity contribution in [1.82, 2.24) is 0 Å². The van der Waals surface area contributed by atoms with Crippen LogP contribution in [0.2, 0.25) is 0 Å². The third-order valence-corrected chi connectivity index (χ3v) is 12.2. The number of rotatable bonds is 6. The van der Waals surface area contributed by atoms with E-state index in [9.17, 15) is 24.3 Å². The zero-order chi connectivity index (χ0) is 36.4. The molecule has 3 aromatic rings. The molecule has 9 rings (SSSR count). The van der Waals surface area contributed by atoms with Crippen LogP contribution in [-0.2, 0) is 28.7 Å². The number of hydrogen-bond acceptors (Lipinski definition) is 10. The molecule has 1 N–H and O–H groups in total. The molecule has 0 aromatic heterocycles. The van der Waals surface area contributed by atoms with Crippen molar-refractivity contribution in [3.8, 4) is 11.5 Å². The minimum absolute atomic E-state index is 0.0545. The fraction of sp³-hybridized carbons (Fsp3) is 0.415. The molecular formula is C41H42N4O8. The highest BCUT2D eigenvalue weighted by Gasteiger charge is 2.62. The van der Waals surface area contributed by atoms with Crippen molar-refractivity contribution in [1.29, 1.82) is 0 Å². The Morgan fingerprint density at radius 2 is 1.13 bits per heavy atom. The molecule has 5 fully saturated rings. The average molecular weight is 719 g/mol. The number of phenolic OH excluding ortho intramolecular Hbond substituents is 1. The lowest BCUT2D eigenvalue weighted by atomic mass is 9.57. The fourth-order valence-corrected chi connectivity index (χ4v) is 9.63. The Kier molecular flexibility index (Phi) is 8.46. The highest BCUT2D eigenvalue weighted by atomic mass is 16.5. The predicted octanol–water partition coefficient (Wildman–Crippen LogP) is 4.12. The quantitative estimate of drug-likeness (QED) is 0.294. The van der Waals surface area contributed by atoms with Gasteiger partial charge in [0.25, 0.3) is 0 Å². The summed E-state index contributed by atoms with van der Waals surface area (Å²) in [5, 5.41) is 11.4. The number of anilines is 4. The average Bonchev–Trinajstić information content (AvgIpc) is 3.61. The third kappa shape index (κ3) is 5.49. The lowest BCUT2D eigenvalue weighted by molar-refractivity contribution is -0.126. The molecule has 0 spiro atoms. The van der Waals surface area contributed by atoms with Crippen LogP contribution in [-0.4, -0.2) is 88.5 Å². The van der Waals surface area contributed by atoms with Gasteiger partial charge in [-0.3, -0.25) is 29.0 Å². The number of carbonyl (C=O) groups excluding carboxylic acids is 4. The van der Waals surface area contributed by atoms with E-state index in [1.807, 2.05) is 54.6 Å². The second-order valence-electron chi connectivity index (χ2n) is 14.7. The first-order chi connectivity index (χ1) is 25.8. The van der Waals surface area contributed by atoms with Gasteiger partial charge >= 0.3 is 0 Å². The van der Waals surface area contributed by atoms with Crippen LogP contribution in [0.5, 0.6) is 11.5 Å². The van der Waals surface area contributed by atoms with Crippen LogP contribution >= 0.6 is 0 Å². The first-order valence-electron chi connectivity index (χ1n) is 18.5. The van der Waals surface area contributed by atoms with E-state index in [1.165, 1.54) is 23.0 Å². The summed E-state index contributed by atoms with van der Waals surface area (Å²) < 4.78 is 16.3. The van der Waals surface area contributed by atoms with E-state index in [0.29, 0.717) is 55.5 Å². The second-order valence-corrected chi connectivity index (χ2v) is 14.7. The number of amides is 4. The molecule has 12 nitrogen and oxygen atoms in total. The summed E-state index contributed by atoms with van der Waals surface area (Å²) in [5.41, 5.74) is 4.31. The van der Waals surface area contributed by atoms with E-state index in [1.54, 1.807) is 12.1 Å². The topological polar surface area (TPSA) is 129 Å². The van der Waals surface area contributed by atoms with Crippen molar-refractivity contribution in [2.24, 2.45) is 29.6 Å². The molecule has 6 atom stereocenters. The number of morpholine rings is 2. The Hall–Kier alpha value is -5.20. The van der Waals surface area contributed by atoms with E-state index >= 15 is 0 Å². The summed E-state index contributed by atoms with van der Waals surface area (Å²) in [5.74, 6) is -4.80. The second kappa shape index (κ2) is 13.3. The molecule has 0 radical (unpaired) electrons. The smallest absolute Gasteiger partial charge is 0.238 e. The van der Waals surface area contributed by atoms with Crippen LogP contribution in [0.15, 0.2) is 78.4 Å². The molecule has 4 saturated heterocycles. The van der Waals surface area contributed by atoms with Crippen LogP contribution in [0, 0.1) is 29.6 Å². The summed E-state index contributed by atoms with van der Waals surface area (Å²) in [6.07, 6.45) is 2.56. The maximum atomic E-state index is 14.6. The molecule has 3 aromatic carbocycles. The zero-order valence-electron chi connectivity index (χ0n) is 29.6. The minimum atomic E-state index is -0.796. The van der Waals surface area contributed by atoms with Crippen molar-refractivity contribution >= 4 is 46.4 Å². The lowest BCUT2D eigenvalue weighted by Gasteiger charge is -2.44. The summed E-state index contributed by atoms with van der Waals surface area (Å²) in [6, 6.07) is 20.0. The number of carbonyl (C=O) groups is 4. The maximum Gasteiger partial charge on any atom is 0.238 e. The number of aromatic hydroxyl groups is 1. The Bertz CT molecular complexity index is 1990. The van der Waals surface area contributed by atoms with Crippen LogP contribution in [0.3, 0.4) is 0 Å². The van der Waals surface area contributed by atoms with Gasteiger partial charge in [-0.15, -0.1) is 0 Å². The van der Waals surface area contributed by atoms with Crippen LogP contribution < -0.4 is 24.3 Å². The molecular weight excluding hydrogens is 676 g/mol. The van der Waals surface area contributed by atoms with Crippen molar-refractivity contribution in [2.75, 3.05) is 79.3 Å². The van der Waals surface area contributed by atoms with Gasteiger partial charge in [0.2, 0.25) is 23.6 Å². The number of methoxy groups -OCH3 is 1. The van der Waals surface area contributed by atoms with E-state index in [4.69, 9.17) is 14.2 Å². The standard InChI is InChI=1S/C41H42N4O8/c1-51-28-10-11-30(34(46)22-28)35-29-12-13-31-36(40(49)44(38(31)47)26-6-2-24(3-7-26)42-14-18-52-19-15-42)32(29)23-33-37(35)41(50)45(39(33)48)27-8-4-25(5-9-27)43-16-20-53-21-17-43/h2-12,22,31-33,35-37,46H,13-21,23H2,1H3/t31-,32+,33+,35+,36-,37+/m0/s1. The third-order valence-electron chi connectivity index (χ3n) is 12.2. The Balaban J connectivity index is 1.06. The number of allylic oxidation sites excluding steroid dienone is 2. The van der Waals surface area contributed by atoms with E-state index < -0.39 is 35.5 Å². The van der Waals surface area contributed by atoms with Gasteiger partial charge in [-0.25, -0.2) is 0 Å². The van der Waals surface area contributed by atoms with Gasteiger partial charge in [-0.1, -0.05) is 17.7 Å². The lowest BCUT2D eigenvalue weighted by Crippen LogP contribution is -2.43. The molecule has 1 saturated carbocycles. The minimum Gasteiger partial charge on any atom is -0.508 e. The highest BCUT2D eigenvalue weighted by Crippen LogP contribution is 2.59. The molecule has 0 unspecified atom stereocenters. The van der Waals surface area contributed by atoms with Gasteiger partial charge in [-0.2, -0.15) is 0 Å². The van der Waals surface area contributed by atoms with Gasteiger partial charge in [-0.05, 0) is 73.4 Å². The van der Waals surface area contributed by atoms with E-state index in [-0.39, 0.29) is 35.8 Å². The van der Waals surface area contributed by atoms with Crippen molar-refractivity contribution in [3.63, 3.8) is 0 Å². The van der Waals surface area contributed by atoms with Gasteiger partial charge in [0, 0.05) is 55.1 Å². The summed E-state index contributed by atoms with van der Waals surface area (Å²) in [7, 11) is 1.51. The number of hydrogen-bond donors (Lipinski definition) is 1. The number of nitrogens with zero attached hydrogens (tertiary/aromatic N) is 4. The summed E-state index contributed by atoms with van der Waals surface area (Å²) in [4.78, 5) is 64.6. The van der Waals surface area contributed by atoms with Gasteiger partial charge < -0.3 is 29.1 Å². The molecule has 274 valence electrons. The molecule has 53 heavy (non-hydrogen) atoms. The molecule has 2 aliphatic carbocycles. The first kappa shape index (κ1) is 33.6. The van der Waals surface area contributed by atoms with Crippen molar-refractivity contribution in [3.05, 3.63) is 83.9 Å².